The maximum Gasteiger partial charge on any atom is 0.338 e. The Hall–Kier alpha value is -8.44. The molecule has 33 heteroatoms. The van der Waals surface area contributed by atoms with Crippen LogP contribution in [0.3, 0.4) is 0 Å². The number of hydrogen-bond donors (Lipinski definition) is 9. The molecule has 70 heavy (non-hydrogen) atoms. The van der Waals surface area contributed by atoms with E-state index in [4.69, 9.17) is 15.2 Å². The van der Waals surface area contributed by atoms with Crippen molar-refractivity contribution in [2.45, 2.75) is 14.7 Å². The molecule has 0 spiro atoms. The van der Waals surface area contributed by atoms with Crippen molar-refractivity contribution in [1.29, 1.82) is 0 Å². The number of aliphatic hydroxyl groups excluding tert-OH is 2. The minimum absolute atomic E-state index is 0.190. The summed E-state index contributed by atoms with van der Waals surface area (Å²) < 4.78 is 114. The first-order valence-electron chi connectivity index (χ1n) is 18.8. The monoisotopic (exact) mass is 1030 g/mol. The smallest absolute Gasteiger partial charge is 0.338 e. The van der Waals surface area contributed by atoms with Crippen LogP contribution in [0.4, 0.5) is 39.8 Å². The first-order valence-corrected chi connectivity index (χ1v) is 23.1. The van der Waals surface area contributed by atoms with E-state index in [2.05, 4.69) is 35.8 Å². The molecule has 0 radical (unpaired) electrons. The van der Waals surface area contributed by atoms with Gasteiger partial charge in [0.05, 0.1) is 34.3 Å². The van der Waals surface area contributed by atoms with Crippen LogP contribution in [0.15, 0.2) is 123 Å². The maximum absolute atomic E-state index is 13.6. The van der Waals surface area contributed by atoms with Gasteiger partial charge in [0.15, 0.2) is 17.1 Å². The van der Waals surface area contributed by atoms with Crippen molar-refractivity contribution in [2.24, 2.45) is 36.4 Å². The molecule has 0 saturated carbocycles. The normalized spacial score (nSPS) is 12.4. The van der Waals surface area contributed by atoms with E-state index < -0.39 is 139 Å². The molecule has 1 heterocycles. The number of aromatic nitrogens is 2. The summed E-state index contributed by atoms with van der Waals surface area (Å²) >= 11 is 0. The molecule has 10 N–H and O–H groups in total. The Morgan fingerprint density at radius 3 is 1.80 bits per heavy atom. The molecule has 0 bridgehead atoms. The van der Waals surface area contributed by atoms with Crippen molar-refractivity contribution in [1.82, 2.24) is 9.78 Å². The number of primary amides is 1. The van der Waals surface area contributed by atoms with Crippen LogP contribution in [0.2, 0.25) is 0 Å². The number of fused-ring (bicyclic) bond motifs is 1. The number of nitro benzene ring substituents is 1. The second-order valence-electron chi connectivity index (χ2n) is 13.7. The van der Waals surface area contributed by atoms with Crippen molar-refractivity contribution >= 4 is 92.8 Å². The van der Waals surface area contributed by atoms with Crippen LogP contribution < -0.4 is 20.8 Å². The molecule has 1 amide bonds. The van der Waals surface area contributed by atoms with Gasteiger partial charge in [0.1, 0.15) is 62.9 Å². The summed E-state index contributed by atoms with van der Waals surface area (Å²) in [5, 5.41) is 75.9. The number of ether oxygens (including phenoxy) is 2. The number of carbonyl (C=O) groups is 2. The van der Waals surface area contributed by atoms with Crippen molar-refractivity contribution < 1.29 is 83.3 Å². The van der Waals surface area contributed by atoms with E-state index in [1.807, 2.05) is 0 Å². The quantitative estimate of drug-likeness (QED) is 0.0234. The van der Waals surface area contributed by atoms with E-state index in [0.717, 1.165) is 60.7 Å². The standard InChI is InChI=1S/C37H30N10O20S3/c38-35(51)32-33(44-39-23-6-3-20(68(57,58)59)14-22(23)37(53)54)36(52)46(45-32)18-1-4-21-17(11-18)12-30(70(63,64)65)31(34(21)50)43-42-26-16-27(66-9-7-48)25(15-28(26)67-10-8-49)41-40-24-5-2-19(47(55)56)13-29(24)69(60,61)62/h1-6,11-16,45,48-50H,7-10H2,(H2,38,51)(H,53,54)(H,57,58,59)(H,60,61,62)(H,63,64,65). The molecule has 0 unspecified atom stereocenters. The maximum atomic E-state index is 13.6. The van der Waals surface area contributed by atoms with Gasteiger partial charge in [0, 0.05) is 29.7 Å². The Morgan fingerprint density at radius 1 is 0.700 bits per heavy atom. The molecule has 0 atom stereocenters. The number of aromatic amines is 1. The number of amides is 1. The van der Waals surface area contributed by atoms with Crippen LogP contribution in [0.25, 0.3) is 16.5 Å². The summed E-state index contributed by atoms with van der Waals surface area (Å²) in [6.07, 6.45) is 0. The van der Waals surface area contributed by atoms with Crippen molar-refractivity contribution in [3.63, 3.8) is 0 Å². The SMILES string of the molecule is NC(=O)c1[nH]n(-c2ccc3c(O)c(N=Nc4cc(OCCO)c(N=Nc5ccc([N+](=O)[O-])cc5S(=O)(=O)O)cc4OCCO)c(S(=O)(=O)O)cc3c2)c(=O)c1N=Nc1ccc(S(=O)(=O)O)cc1C(=O)O. The number of nitrogens with two attached hydrogens (primary N) is 1. The number of phenols is 1. The minimum Gasteiger partial charge on any atom is -0.505 e. The van der Waals surface area contributed by atoms with Crippen LogP contribution in [0.5, 0.6) is 17.2 Å². The fourth-order valence-electron chi connectivity index (χ4n) is 6.04. The second-order valence-corrected chi connectivity index (χ2v) is 17.9. The van der Waals surface area contributed by atoms with Gasteiger partial charge in [-0.25, -0.2) is 9.48 Å². The van der Waals surface area contributed by atoms with Gasteiger partial charge in [0.25, 0.3) is 47.5 Å². The number of aromatic hydroxyl groups is 1. The fraction of sp³-hybridized carbons (Fsp3) is 0.108. The van der Waals surface area contributed by atoms with Gasteiger partial charge in [-0.05, 0) is 53.9 Å². The lowest BCUT2D eigenvalue weighted by atomic mass is 10.1. The molecule has 1 aromatic heterocycles. The highest BCUT2D eigenvalue weighted by molar-refractivity contribution is 7.86. The van der Waals surface area contributed by atoms with Crippen LogP contribution in [0.1, 0.15) is 20.8 Å². The number of aromatic carboxylic acids is 1. The van der Waals surface area contributed by atoms with Crippen molar-refractivity contribution in [3.8, 4) is 22.9 Å². The summed E-state index contributed by atoms with van der Waals surface area (Å²) in [6, 6.07) is 10.7. The zero-order chi connectivity index (χ0) is 51.5. The van der Waals surface area contributed by atoms with E-state index in [0.29, 0.717) is 16.8 Å². The third-order valence-corrected chi connectivity index (χ3v) is 11.7. The number of hydrogen-bond acceptors (Lipinski definition) is 22. The summed E-state index contributed by atoms with van der Waals surface area (Å²) in [6.45, 7) is -2.02. The number of non-ortho nitro benzene ring substituents is 1. The predicted molar refractivity (Wildman–Crippen MR) is 234 cm³/mol. The first kappa shape index (κ1) is 51.0. The topological polar surface area (TPSA) is 478 Å². The molecule has 0 aliphatic heterocycles. The molecular formula is C37H30N10O20S3. The zero-order valence-corrected chi connectivity index (χ0v) is 37.0. The Morgan fingerprint density at radius 2 is 1.26 bits per heavy atom. The zero-order valence-electron chi connectivity index (χ0n) is 34.6. The highest BCUT2D eigenvalue weighted by atomic mass is 32.2. The number of benzene rings is 5. The number of phenolic OH excluding ortho intramolecular Hbond substituents is 1. The minimum atomic E-state index is -5.32. The van der Waals surface area contributed by atoms with Crippen LogP contribution in [-0.2, 0) is 30.4 Å². The molecule has 0 aliphatic rings. The molecule has 0 fully saturated rings. The molecule has 6 aromatic rings. The van der Waals surface area contributed by atoms with Gasteiger partial charge >= 0.3 is 5.97 Å². The van der Waals surface area contributed by atoms with Crippen LogP contribution in [0, 0.1) is 10.1 Å². The average molecular weight is 1030 g/mol. The van der Waals surface area contributed by atoms with Gasteiger partial charge in [-0.2, -0.15) is 25.3 Å². The molecule has 30 nitrogen and oxygen atoms in total. The number of aliphatic hydroxyl groups is 2. The second kappa shape index (κ2) is 20.0. The number of nitrogens with zero attached hydrogens (tertiary/aromatic N) is 8. The van der Waals surface area contributed by atoms with Crippen LogP contribution >= 0.6 is 0 Å². The van der Waals surface area contributed by atoms with E-state index in [9.17, 15) is 83.8 Å². The van der Waals surface area contributed by atoms with Crippen molar-refractivity contribution in [3.05, 3.63) is 105 Å². The fourth-order valence-corrected chi connectivity index (χ4v) is 7.85. The lowest BCUT2D eigenvalue weighted by molar-refractivity contribution is -0.385. The largest absolute Gasteiger partial charge is 0.505 e. The number of H-pyrrole nitrogens is 1. The molecule has 0 aliphatic carbocycles. The Labute approximate surface area is 389 Å². The number of nitrogens with one attached hydrogen (secondary N) is 1. The summed E-state index contributed by atoms with van der Waals surface area (Å²) in [5.74, 6) is -4.54. The average Bonchev–Trinajstić information content (AvgIpc) is 3.62. The third kappa shape index (κ3) is 11.1. The van der Waals surface area contributed by atoms with E-state index >= 15 is 0 Å². The lowest BCUT2D eigenvalue weighted by Crippen LogP contribution is -2.14. The van der Waals surface area contributed by atoms with Gasteiger partial charge in [0.2, 0.25) is 0 Å². The Balaban J connectivity index is 1.44. The van der Waals surface area contributed by atoms with Gasteiger partial charge in [-0.15, -0.1) is 30.7 Å². The number of carboxylic acids is 1. The van der Waals surface area contributed by atoms with Gasteiger partial charge in [-0.3, -0.25) is 38.5 Å². The molecule has 366 valence electrons. The van der Waals surface area contributed by atoms with Gasteiger partial charge < -0.3 is 35.6 Å². The summed E-state index contributed by atoms with van der Waals surface area (Å²) in [7, 11) is -15.3. The first-order chi connectivity index (χ1) is 32.8. The predicted octanol–water partition coefficient (Wildman–Crippen LogP) is 4.46. The number of nitro groups is 1. The number of carboxylic acid groups (broad SMARTS) is 1. The molecule has 6 rings (SSSR count). The van der Waals surface area contributed by atoms with Crippen molar-refractivity contribution in [2.75, 3.05) is 26.4 Å². The highest BCUT2D eigenvalue weighted by Gasteiger charge is 2.26. The Bertz CT molecular complexity index is 3650. The van der Waals surface area contributed by atoms with E-state index in [-0.39, 0.29) is 39.3 Å². The van der Waals surface area contributed by atoms with Gasteiger partial charge in [-0.1, -0.05) is 0 Å². The van der Waals surface area contributed by atoms with Crippen LogP contribution in [-0.4, -0.2) is 112 Å². The lowest BCUT2D eigenvalue weighted by Gasteiger charge is -2.13. The molecule has 5 aromatic carbocycles. The number of rotatable bonds is 19. The molecule has 0 saturated heterocycles. The highest BCUT2D eigenvalue weighted by Crippen LogP contribution is 2.45. The molecular weight excluding hydrogens is 1000 g/mol. The number of azo groups is 3. The van der Waals surface area contributed by atoms with E-state index in [1.165, 1.54) is 0 Å². The summed E-state index contributed by atoms with van der Waals surface area (Å²) in [5.41, 5.74) is -1.53. The number of carbonyl (C=O) groups excluding carboxylic acids is 1. The third-order valence-electron chi connectivity index (χ3n) is 9.13. The Kier molecular flexibility index (Phi) is 14.6. The summed E-state index contributed by atoms with van der Waals surface area (Å²) in [4.78, 5) is 45.3. The van der Waals surface area contributed by atoms with E-state index in [1.54, 1.807) is 0 Å².